The van der Waals surface area contributed by atoms with Crippen LogP contribution in [0.2, 0.25) is 0 Å². The highest BCUT2D eigenvalue weighted by atomic mass is 16.2. The van der Waals surface area contributed by atoms with Crippen molar-refractivity contribution in [3.8, 4) is 11.3 Å². The quantitative estimate of drug-likeness (QED) is 0.189. The fourth-order valence-electron chi connectivity index (χ4n) is 4.65. The van der Waals surface area contributed by atoms with Gasteiger partial charge in [-0.15, -0.1) is 0 Å². The molecule has 3 aromatic carbocycles. The summed E-state index contributed by atoms with van der Waals surface area (Å²) in [5.41, 5.74) is 7.81. The Labute approximate surface area is 245 Å². The van der Waals surface area contributed by atoms with E-state index in [1.165, 1.54) is 6.08 Å². The van der Waals surface area contributed by atoms with E-state index in [-0.39, 0.29) is 11.8 Å². The predicted octanol–water partition coefficient (Wildman–Crippen LogP) is 6.14. The van der Waals surface area contributed by atoms with Gasteiger partial charge in [-0.2, -0.15) is 0 Å². The van der Waals surface area contributed by atoms with E-state index in [0.717, 1.165) is 44.5 Å². The third-order valence-electron chi connectivity index (χ3n) is 6.93. The van der Waals surface area contributed by atoms with Crippen LogP contribution in [0.4, 0.5) is 11.4 Å². The molecule has 2 aromatic heterocycles. The molecule has 3 N–H and O–H groups in total. The Kier molecular flexibility index (Phi) is 8.55. The van der Waals surface area contributed by atoms with E-state index in [1.54, 1.807) is 30.3 Å². The number of likely N-dealkylation sites (N-methyl/N-ethyl adjacent to an activating group) is 1. The Hall–Kier alpha value is -5.08. The molecule has 0 bridgehead atoms. The van der Waals surface area contributed by atoms with Crippen LogP contribution in [0.3, 0.4) is 0 Å². The smallest absolute Gasteiger partial charge is 0.255 e. The number of anilines is 2. The number of carbonyl (C=O) groups is 2. The summed E-state index contributed by atoms with van der Waals surface area (Å²) in [5.74, 6) is 0.260. The predicted molar refractivity (Wildman–Crippen MR) is 169 cm³/mol. The lowest BCUT2D eigenvalue weighted by molar-refractivity contribution is -0.111. The molecule has 0 aliphatic heterocycles. The molecule has 5 aromatic rings. The molecule has 0 saturated heterocycles. The van der Waals surface area contributed by atoms with Gasteiger partial charge in [-0.3, -0.25) is 9.59 Å². The van der Waals surface area contributed by atoms with Gasteiger partial charge < -0.3 is 20.5 Å². The second kappa shape index (κ2) is 12.6. The first-order valence-corrected chi connectivity index (χ1v) is 13.8. The summed E-state index contributed by atoms with van der Waals surface area (Å²) in [5, 5.41) is 6.96. The van der Waals surface area contributed by atoms with Crippen LogP contribution in [0.1, 0.15) is 32.9 Å². The SMILES string of the molecule is Cc1ccc(Cc2ncc(C)c(-c3c[nH]c4ccccc34)n2)cc1NC(=O)c1ccc(NC(=O)/C=C/CN(C)C)cc1. The number of rotatable bonds is 9. The highest BCUT2D eigenvalue weighted by Crippen LogP contribution is 2.29. The third kappa shape index (κ3) is 6.79. The van der Waals surface area contributed by atoms with Gasteiger partial charge in [-0.1, -0.05) is 36.4 Å². The second-order valence-corrected chi connectivity index (χ2v) is 10.6. The molecule has 0 fully saturated rings. The van der Waals surface area contributed by atoms with Crippen LogP contribution in [0.5, 0.6) is 0 Å². The molecule has 5 rings (SSSR count). The summed E-state index contributed by atoms with van der Waals surface area (Å²) >= 11 is 0. The van der Waals surface area contributed by atoms with Crippen LogP contribution in [0.25, 0.3) is 22.2 Å². The maximum atomic E-state index is 13.1. The van der Waals surface area contributed by atoms with Crippen LogP contribution in [0.15, 0.2) is 91.3 Å². The van der Waals surface area contributed by atoms with Gasteiger partial charge in [0.25, 0.3) is 5.91 Å². The van der Waals surface area contributed by atoms with E-state index in [9.17, 15) is 9.59 Å². The van der Waals surface area contributed by atoms with Crippen molar-refractivity contribution in [3.05, 3.63) is 119 Å². The minimum atomic E-state index is -0.229. The van der Waals surface area contributed by atoms with Crippen molar-refractivity contribution in [3.63, 3.8) is 0 Å². The number of fused-ring (bicyclic) bond motifs is 1. The van der Waals surface area contributed by atoms with Crippen LogP contribution < -0.4 is 10.6 Å². The first kappa shape index (κ1) is 28.4. The molecule has 0 aliphatic rings. The minimum absolute atomic E-state index is 0.215. The molecule has 0 unspecified atom stereocenters. The largest absolute Gasteiger partial charge is 0.360 e. The monoisotopic (exact) mass is 558 g/mol. The van der Waals surface area contributed by atoms with Gasteiger partial charge >= 0.3 is 0 Å². The maximum Gasteiger partial charge on any atom is 0.255 e. The molecular weight excluding hydrogens is 524 g/mol. The number of aryl methyl sites for hydroxylation is 2. The number of hydrogen-bond acceptors (Lipinski definition) is 5. The summed E-state index contributed by atoms with van der Waals surface area (Å²) < 4.78 is 0. The molecule has 212 valence electrons. The van der Waals surface area contributed by atoms with Crippen LogP contribution >= 0.6 is 0 Å². The van der Waals surface area contributed by atoms with Crippen LogP contribution in [0, 0.1) is 13.8 Å². The molecule has 0 aliphatic carbocycles. The lowest BCUT2D eigenvalue weighted by Gasteiger charge is -2.12. The molecule has 42 heavy (non-hydrogen) atoms. The highest BCUT2D eigenvalue weighted by Gasteiger charge is 2.13. The van der Waals surface area contributed by atoms with Gasteiger partial charge in [-0.05, 0) is 81.0 Å². The Morgan fingerprint density at radius 3 is 2.52 bits per heavy atom. The van der Waals surface area contributed by atoms with Crippen LogP contribution in [-0.2, 0) is 11.2 Å². The van der Waals surface area contributed by atoms with Crippen molar-refractivity contribution < 1.29 is 9.59 Å². The van der Waals surface area contributed by atoms with Crippen molar-refractivity contribution >= 4 is 34.1 Å². The molecule has 0 spiro atoms. The van der Waals surface area contributed by atoms with Crippen molar-refractivity contribution in [2.24, 2.45) is 0 Å². The lowest BCUT2D eigenvalue weighted by atomic mass is 10.0. The summed E-state index contributed by atoms with van der Waals surface area (Å²) in [6.45, 7) is 4.65. The molecule has 0 saturated carbocycles. The highest BCUT2D eigenvalue weighted by molar-refractivity contribution is 6.05. The van der Waals surface area contributed by atoms with Crippen LogP contribution in [-0.4, -0.2) is 52.3 Å². The topological polar surface area (TPSA) is 103 Å². The van der Waals surface area contributed by atoms with Crippen molar-refractivity contribution in [1.82, 2.24) is 19.9 Å². The normalized spacial score (nSPS) is 11.4. The van der Waals surface area contributed by atoms with E-state index < -0.39 is 0 Å². The Bertz CT molecular complexity index is 1770. The zero-order chi connectivity index (χ0) is 29.6. The van der Waals surface area contributed by atoms with E-state index in [0.29, 0.717) is 30.0 Å². The standard InChI is InChI=1S/C34H34N6O2/c1-22-11-12-24(19-31-36-20-23(2)33(39-31)28-21-35-29-9-6-5-8-27(28)29)18-30(22)38-34(42)25-13-15-26(16-14-25)37-32(41)10-7-17-40(3)4/h5-16,18,20-21,35H,17,19H2,1-4H3,(H,37,41)(H,38,42)/b10-7+. The van der Waals surface area contributed by atoms with Gasteiger partial charge in [0.15, 0.2) is 0 Å². The number of amides is 2. The molecule has 2 amide bonds. The fraction of sp³-hybridized carbons (Fsp3) is 0.176. The first-order chi connectivity index (χ1) is 20.3. The fourth-order valence-corrected chi connectivity index (χ4v) is 4.65. The molecule has 0 atom stereocenters. The van der Waals surface area contributed by atoms with E-state index in [4.69, 9.17) is 4.98 Å². The van der Waals surface area contributed by atoms with Gasteiger partial charge in [0.2, 0.25) is 5.91 Å². The van der Waals surface area contributed by atoms with Gasteiger partial charge in [0, 0.05) is 64.8 Å². The maximum absolute atomic E-state index is 13.1. The number of carbonyl (C=O) groups excluding carboxylic acids is 2. The third-order valence-corrected chi connectivity index (χ3v) is 6.93. The summed E-state index contributed by atoms with van der Waals surface area (Å²) in [4.78, 5) is 40.0. The molecule has 8 nitrogen and oxygen atoms in total. The van der Waals surface area contributed by atoms with Gasteiger partial charge in [0.05, 0.1) is 5.69 Å². The Morgan fingerprint density at radius 1 is 0.952 bits per heavy atom. The van der Waals surface area contributed by atoms with E-state index in [1.807, 2.05) is 75.6 Å². The molecule has 0 radical (unpaired) electrons. The van der Waals surface area contributed by atoms with E-state index >= 15 is 0 Å². The number of H-pyrrole nitrogens is 1. The molecule has 8 heteroatoms. The number of nitrogens with one attached hydrogen (secondary N) is 3. The van der Waals surface area contributed by atoms with Gasteiger partial charge in [0.1, 0.15) is 5.82 Å². The number of nitrogens with zero attached hydrogens (tertiary/aromatic N) is 3. The number of aromatic nitrogens is 3. The average Bonchev–Trinajstić information content (AvgIpc) is 3.40. The zero-order valence-electron chi connectivity index (χ0n) is 24.2. The number of hydrogen-bond donors (Lipinski definition) is 3. The first-order valence-electron chi connectivity index (χ1n) is 13.8. The van der Waals surface area contributed by atoms with Gasteiger partial charge in [-0.25, -0.2) is 9.97 Å². The zero-order valence-corrected chi connectivity index (χ0v) is 24.2. The number of para-hydroxylation sites is 1. The number of benzene rings is 3. The van der Waals surface area contributed by atoms with E-state index in [2.05, 4.69) is 32.7 Å². The molecular formula is C34H34N6O2. The summed E-state index contributed by atoms with van der Waals surface area (Å²) in [6.07, 6.45) is 7.67. The van der Waals surface area contributed by atoms with Crippen molar-refractivity contribution in [1.29, 1.82) is 0 Å². The lowest BCUT2D eigenvalue weighted by Crippen LogP contribution is -2.14. The van der Waals surface area contributed by atoms with Crippen molar-refractivity contribution in [2.45, 2.75) is 20.3 Å². The summed E-state index contributed by atoms with van der Waals surface area (Å²) in [7, 11) is 3.87. The Balaban J connectivity index is 1.27. The Morgan fingerprint density at radius 2 is 1.74 bits per heavy atom. The number of aromatic amines is 1. The second-order valence-electron chi connectivity index (χ2n) is 10.6. The minimum Gasteiger partial charge on any atom is -0.360 e. The molecule has 2 heterocycles. The summed E-state index contributed by atoms with van der Waals surface area (Å²) in [6, 6.07) is 21.0. The average molecular weight is 559 g/mol. The van der Waals surface area contributed by atoms with Crippen molar-refractivity contribution in [2.75, 3.05) is 31.3 Å².